The number of imidazole rings is 1. The lowest BCUT2D eigenvalue weighted by Gasteiger charge is -2.06. The van der Waals surface area contributed by atoms with Gasteiger partial charge in [-0.2, -0.15) is 0 Å². The van der Waals surface area contributed by atoms with Crippen LogP contribution in [0.2, 0.25) is 0 Å². The molecule has 0 aliphatic heterocycles. The first-order valence-electron chi connectivity index (χ1n) is 5.61. The van der Waals surface area contributed by atoms with Gasteiger partial charge in [0, 0.05) is 11.9 Å². The maximum atomic E-state index is 4.42. The molecule has 0 amide bonds. The molecule has 0 saturated heterocycles. The van der Waals surface area contributed by atoms with Crippen LogP contribution in [0.15, 0.2) is 66.0 Å². The zero-order valence-electron chi connectivity index (χ0n) is 9.56. The first kappa shape index (κ1) is 11.0. The smallest absolute Gasteiger partial charge is 0.179 e. The number of hydrogen-bond acceptors (Lipinski definition) is 3. The number of hydrogen-bond donors (Lipinski definition) is 1. The van der Waals surface area contributed by atoms with Crippen LogP contribution >= 0.6 is 12.6 Å². The van der Waals surface area contributed by atoms with Crippen molar-refractivity contribution >= 4 is 29.5 Å². The molecule has 0 spiro atoms. The summed E-state index contributed by atoms with van der Waals surface area (Å²) in [4.78, 5) is 8.58. The molecule has 2 aromatic rings. The van der Waals surface area contributed by atoms with Gasteiger partial charge in [0.1, 0.15) is 0 Å². The van der Waals surface area contributed by atoms with Crippen LogP contribution < -0.4 is 0 Å². The second kappa shape index (κ2) is 4.66. The van der Waals surface area contributed by atoms with Crippen molar-refractivity contribution < 1.29 is 0 Å². The predicted molar refractivity (Wildman–Crippen MR) is 76.5 cm³/mol. The molecule has 3 rings (SSSR count). The van der Waals surface area contributed by atoms with Crippen LogP contribution in [0.5, 0.6) is 0 Å². The van der Waals surface area contributed by atoms with E-state index in [1.165, 1.54) is 0 Å². The summed E-state index contributed by atoms with van der Waals surface area (Å²) in [5, 5.41) is 0.637. The van der Waals surface area contributed by atoms with E-state index in [9.17, 15) is 0 Å². The van der Waals surface area contributed by atoms with Gasteiger partial charge in [-0.05, 0) is 24.3 Å². The largest absolute Gasteiger partial charge is 0.286 e. The Bertz CT molecular complexity index is 705. The van der Waals surface area contributed by atoms with Crippen LogP contribution in [-0.2, 0) is 0 Å². The Morgan fingerprint density at radius 1 is 1.06 bits per heavy atom. The van der Waals surface area contributed by atoms with Gasteiger partial charge < -0.3 is 0 Å². The van der Waals surface area contributed by atoms with Gasteiger partial charge in [-0.3, -0.25) is 4.57 Å². The molecule has 18 heavy (non-hydrogen) atoms. The van der Waals surface area contributed by atoms with Crippen molar-refractivity contribution in [3.05, 3.63) is 60.9 Å². The number of allylic oxidation sites excluding steroid dienone is 8. The fraction of sp³-hybridized carbons (Fsp3) is 0. The van der Waals surface area contributed by atoms with Gasteiger partial charge in [-0.15, -0.1) is 12.6 Å². The van der Waals surface area contributed by atoms with Crippen molar-refractivity contribution in [3.63, 3.8) is 0 Å². The molecule has 3 nitrogen and oxygen atoms in total. The molecule has 0 atom stereocenters. The van der Waals surface area contributed by atoms with E-state index in [1.54, 1.807) is 6.20 Å². The summed E-state index contributed by atoms with van der Waals surface area (Å²) in [6, 6.07) is 3.89. The Morgan fingerprint density at radius 3 is 2.83 bits per heavy atom. The van der Waals surface area contributed by atoms with Gasteiger partial charge in [0.2, 0.25) is 0 Å². The molecular formula is C14H11N3S. The minimum absolute atomic E-state index is 0.637. The Labute approximate surface area is 110 Å². The van der Waals surface area contributed by atoms with Crippen molar-refractivity contribution in [1.82, 2.24) is 14.5 Å². The summed E-state index contributed by atoms with van der Waals surface area (Å²) < 4.78 is 1.98. The number of thiol groups is 1. The Morgan fingerprint density at radius 2 is 1.89 bits per heavy atom. The van der Waals surface area contributed by atoms with Crippen LogP contribution in [0.3, 0.4) is 0 Å². The third kappa shape index (κ3) is 1.91. The maximum Gasteiger partial charge on any atom is 0.179 e. The highest BCUT2D eigenvalue weighted by atomic mass is 32.1. The molecule has 1 aliphatic carbocycles. The molecule has 0 saturated carbocycles. The summed E-state index contributed by atoms with van der Waals surface area (Å²) in [5.41, 5.74) is 2.67. The van der Waals surface area contributed by atoms with Gasteiger partial charge in [-0.25, -0.2) is 9.97 Å². The van der Waals surface area contributed by atoms with Gasteiger partial charge in [-0.1, -0.05) is 30.4 Å². The lowest BCUT2D eigenvalue weighted by atomic mass is 10.2. The van der Waals surface area contributed by atoms with Crippen molar-refractivity contribution in [1.29, 1.82) is 0 Å². The first-order valence-corrected chi connectivity index (χ1v) is 6.05. The molecule has 2 heterocycles. The summed E-state index contributed by atoms with van der Waals surface area (Å²) in [6.45, 7) is 0. The van der Waals surface area contributed by atoms with Crippen LogP contribution in [0, 0.1) is 0 Å². The minimum Gasteiger partial charge on any atom is -0.286 e. The second-order valence-electron chi connectivity index (χ2n) is 3.81. The molecule has 0 aromatic carbocycles. The van der Waals surface area contributed by atoms with Crippen LogP contribution in [0.25, 0.3) is 16.9 Å². The molecule has 0 fully saturated rings. The predicted octanol–water partition coefficient (Wildman–Crippen LogP) is 3.24. The van der Waals surface area contributed by atoms with Crippen molar-refractivity contribution in [2.75, 3.05) is 0 Å². The van der Waals surface area contributed by atoms with Crippen molar-refractivity contribution in [2.24, 2.45) is 0 Å². The molecule has 2 aromatic heterocycles. The third-order valence-corrected chi connectivity index (χ3v) is 2.95. The molecule has 4 heteroatoms. The maximum absolute atomic E-state index is 4.42. The number of fused-ring (bicyclic) bond motifs is 1. The zero-order valence-corrected chi connectivity index (χ0v) is 10.5. The van der Waals surface area contributed by atoms with Crippen molar-refractivity contribution in [2.45, 2.75) is 5.16 Å². The number of rotatable bonds is 1. The normalized spacial score (nSPS) is 22.8. The summed E-state index contributed by atoms with van der Waals surface area (Å²) in [5.74, 6) is 0. The molecule has 88 valence electrons. The highest BCUT2D eigenvalue weighted by molar-refractivity contribution is 7.80. The summed E-state index contributed by atoms with van der Waals surface area (Å²) in [6.07, 6.45) is 15.7. The molecule has 0 N–H and O–H groups in total. The van der Waals surface area contributed by atoms with Gasteiger partial charge >= 0.3 is 0 Å². The fourth-order valence-electron chi connectivity index (χ4n) is 1.86. The Hall–Kier alpha value is -2.07. The molecule has 0 bridgehead atoms. The van der Waals surface area contributed by atoms with E-state index in [2.05, 4.69) is 22.6 Å². The quantitative estimate of drug-likeness (QED) is 0.791. The van der Waals surface area contributed by atoms with Crippen LogP contribution in [0.4, 0.5) is 0 Å². The van der Waals surface area contributed by atoms with Gasteiger partial charge in [0.05, 0.1) is 5.52 Å². The molecule has 0 radical (unpaired) electrons. The third-order valence-electron chi connectivity index (χ3n) is 2.65. The van der Waals surface area contributed by atoms with Crippen LogP contribution in [0.1, 0.15) is 0 Å². The Balaban J connectivity index is 2.22. The molecule has 0 unspecified atom stereocenters. The first-order chi connectivity index (χ1) is 8.86. The molecule has 1 aliphatic rings. The summed E-state index contributed by atoms with van der Waals surface area (Å²) in [7, 11) is 0. The highest BCUT2D eigenvalue weighted by Crippen LogP contribution is 2.22. The standard InChI is InChI=1S/C14H11N3S/c18-14-16-13-12(9-6-10-15-13)17(14)11-7-4-2-1-3-5-8-11/h1-10H,(H,15,16,18)/b2-1-,3-1?,4-2?,5-3-,7-4-,8-5?,11-7?,11-8+. The zero-order chi connectivity index (χ0) is 12.4. The van der Waals surface area contributed by atoms with E-state index < -0.39 is 0 Å². The lowest BCUT2D eigenvalue weighted by molar-refractivity contribution is 0.951. The van der Waals surface area contributed by atoms with E-state index in [1.807, 2.05) is 59.2 Å². The Kier molecular flexibility index (Phi) is 2.86. The SMILES string of the molecule is Sc1nc2ncccc2n1C1=C/C=C\C=C/C=C\1. The average Bonchev–Trinajstić information content (AvgIpc) is 2.65. The topological polar surface area (TPSA) is 30.7 Å². The van der Waals surface area contributed by atoms with E-state index in [-0.39, 0.29) is 0 Å². The van der Waals surface area contributed by atoms with Gasteiger partial charge in [0.25, 0.3) is 0 Å². The minimum atomic E-state index is 0.637. The number of pyridine rings is 1. The van der Waals surface area contributed by atoms with Crippen LogP contribution in [-0.4, -0.2) is 14.5 Å². The van der Waals surface area contributed by atoms with Crippen molar-refractivity contribution in [3.8, 4) is 0 Å². The number of aromatic nitrogens is 3. The summed E-state index contributed by atoms with van der Waals surface area (Å²) >= 11 is 4.42. The van der Waals surface area contributed by atoms with E-state index in [4.69, 9.17) is 0 Å². The fourth-order valence-corrected chi connectivity index (χ4v) is 2.18. The van der Waals surface area contributed by atoms with E-state index in [0.29, 0.717) is 10.8 Å². The van der Waals surface area contributed by atoms with E-state index >= 15 is 0 Å². The lowest BCUT2D eigenvalue weighted by Crippen LogP contribution is -1.95. The monoisotopic (exact) mass is 253 g/mol. The second-order valence-corrected chi connectivity index (χ2v) is 4.21. The van der Waals surface area contributed by atoms with E-state index in [0.717, 1.165) is 11.2 Å². The van der Waals surface area contributed by atoms with Gasteiger partial charge in [0.15, 0.2) is 10.8 Å². The highest BCUT2D eigenvalue weighted by Gasteiger charge is 2.10. The molecular weight excluding hydrogens is 242 g/mol. The number of nitrogens with zero attached hydrogens (tertiary/aromatic N) is 3. The average molecular weight is 253 g/mol.